The molecule has 1 aromatic heterocycles. The van der Waals surface area contributed by atoms with Crippen LogP contribution >= 0.6 is 0 Å². The summed E-state index contributed by atoms with van der Waals surface area (Å²) in [7, 11) is 0. The van der Waals surface area contributed by atoms with Crippen LogP contribution in [0.4, 0.5) is 0 Å². The van der Waals surface area contributed by atoms with Crippen molar-refractivity contribution < 1.29 is 0 Å². The minimum atomic E-state index is 0.272. The number of rotatable bonds is 6. The molecule has 0 aromatic carbocycles. The first-order valence-electron chi connectivity index (χ1n) is 7.12. The Hall–Kier alpha value is -0.960. The Morgan fingerprint density at radius 2 is 1.72 bits per heavy atom. The fraction of sp³-hybridized carbons (Fsp3) is 0.733. The largest absolute Gasteiger partial charge is 0.316 e. The maximum Gasteiger partial charge on any atom is 0.134 e. The van der Waals surface area contributed by atoms with Crippen LogP contribution in [0.2, 0.25) is 0 Å². The number of nitrogens with one attached hydrogen (secondary N) is 1. The standard InChI is InChI=1S/C15H25N3/c1-5-9-16-10-6-13-11(2)17-14(18-12(13)3)15(4)7-8-15/h16H,5-10H2,1-4H3. The van der Waals surface area contributed by atoms with Crippen molar-refractivity contribution in [3.05, 3.63) is 22.8 Å². The molecule has 1 heterocycles. The molecule has 1 fully saturated rings. The minimum Gasteiger partial charge on any atom is -0.316 e. The molecule has 100 valence electrons. The second-order valence-corrected chi connectivity index (χ2v) is 5.76. The first-order chi connectivity index (χ1) is 8.57. The predicted molar refractivity (Wildman–Crippen MR) is 75.0 cm³/mol. The Kier molecular flexibility index (Phi) is 4.00. The van der Waals surface area contributed by atoms with Gasteiger partial charge in [0.25, 0.3) is 0 Å². The van der Waals surface area contributed by atoms with Crippen molar-refractivity contribution in [2.45, 2.75) is 58.8 Å². The third-order valence-corrected chi connectivity index (χ3v) is 3.94. The molecule has 0 bridgehead atoms. The van der Waals surface area contributed by atoms with Crippen molar-refractivity contribution in [2.75, 3.05) is 13.1 Å². The molecule has 3 nitrogen and oxygen atoms in total. The van der Waals surface area contributed by atoms with E-state index in [0.29, 0.717) is 0 Å². The van der Waals surface area contributed by atoms with Crippen LogP contribution in [-0.4, -0.2) is 23.1 Å². The van der Waals surface area contributed by atoms with Crippen LogP contribution in [-0.2, 0) is 11.8 Å². The van der Waals surface area contributed by atoms with Gasteiger partial charge in [-0.15, -0.1) is 0 Å². The van der Waals surface area contributed by atoms with Crippen LogP contribution in [0.3, 0.4) is 0 Å². The average Bonchev–Trinajstić information content (AvgIpc) is 3.06. The summed E-state index contributed by atoms with van der Waals surface area (Å²) in [5.74, 6) is 1.06. The first-order valence-corrected chi connectivity index (χ1v) is 7.12. The molecule has 3 heteroatoms. The van der Waals surface area contributed by atoms with Crippen LogP contribution in [0.1, 0.15) is 55.9 Å². The summed E-state index contributed by atoms with van der Waals surface area (Å²) >= 11 is 0. The Bertz CT molecular complexity index is 399. The zero-order valence-electron chi connectivity index (χ0n) is 12.1. The molecule has 0 atom stereocenters. The van der Waals surface area contributed by atoms with Crippen molar-refractivity contribution in [3.63, 3.8) is 0 Å². The molecular formula is C15H25N3. The average molecular weight is 247 g/mol. The van der Waals surface area contributed by atoms with Gasteiger partial charge in [-0.3, -0.25) is 0 Å². The number of aryl methyl sites for hydroxylation is 2. The van der Waals surface area contributed by atoms with Gasteiger partial charge in [0, 0.05) is 16.8 Å². The van der Waals surface area contributed by atoms with E-state index in [1.807, 2.05) is 0 Å². The van der Waals surface area contributed by atoms with Crippen molar-refractivity contribution in [1.82, 2.24) is 15.3 Å². The lowest BCUT2D eigenvalue weighted by Crippen LogP contribution is -2.20. The highest BCUT2D eigenvalue weighted by Crippen LogP contribution is 2.46. The Morgan fingerprint density at radius 3 is 2.22 bits per heavy atom. The second-order valence-electron chi connectivity index (χ2n) is 5.76. The lowest BCUT2D eigenvalue weighted by Gasteiger charge is -2.14. The maximum absolute atomic E-state index is 4.73. The van der Waals surface area contributed by atoms with Gasteiger partial charge < -0.3 is 5.32 Å². The number of hydrogen-bond acceptors (Lipinski definition) is 3. The van der Waals surface area contributed by atoms with Crippen LogP contribution in [0, 0.1) is 13.8 Å². The molecule has 1 saturated carbocycles. The quantitative estimate of drug-likeness (QED) is 0.785. The summed E-state index contributed by atoms with van der Waals surface area (Å²) in [6.45, 7) is 10.8. The van der Waals surface area contributed by atoms with Gasteiger partial charge in [-0.2, -0.15) is 0 Å². The van der Waals surface area contributed by atoms with Crippen LogP contribution in [0.5, 0.6) is 0 Å². The van der Waals surface area contributed by atoms with Crippen molar-refractivity contribution in [1.29, 1.82) is 0 Å². The summed E-state index contributed by atoms with van der Waals surface area (Å²) in [4.78, 5) is 9.46. The van der Waals surface area contributed by atoms with Gasteiger partial charge in [-0.05, 0) is 58.2 Å². The Balaban J connectivity index is 2.07. The van der Waals surface area contributed by atoms with E-state index in [-0.39, 0.29) is 5.41 Å². The van der Waals surface area contributed by atoms with E-state index in [1.54, 1.807) is 0 Å². The maximum atomic E-state index is 4.73. The van der Waals surface area contributed by atoms with Crippen molar-refractivity contribution >= 4 is 0 Å². The third-order valence-electron chi connectivity index (χ3n) is 3.94. The molecule has 0 radical (unpaired) electrons. The van der Waals surface area contributed by atoms with E-state index in [2.05, 4.69) is 33.0 Å². The van der Waals surface area contributed by atoms with Gasteiger partial charge in [0.2, 0.25) is 0 Å². The van der Waals surface area contributed by atoms with E-state index in [4.69, 9.17) is 9.97 Å². The highest BCUT2D eigenvalue weighted by Gasteiger charge is 2.42. The lowest BCUT2D eigenvalue weighted by atomic mass is 10.1. The van der Waals surface area contributed by atoms with Gasteiger partial charge >= 0.3 is 0 Å². The SMILES string of the molecule is CCCNCCc1c(C)nc(C2(C)CC2)nc1C. The summed E-state index contributed by atoms with van der Waals surface area (Å²) < 4.78 is 0. The lowest BCUT2D eigenvalue weighted by molar-refractivity contribution is 0.655. The predicted octanol–water partition coefficient (Wildman–Crippen LogP) is 2.69. The van der Waals surface area contributed by atoms with Gasteiger partial charge in [0.1, 0.15) is 5.82 Å². The molecule has 0 amide bonds. The zero-order valence-corrected chi connectivity index (χ0v) is 12.1. The first kappa shape index (κ1) is 13.5. The molecule has 0 aliphatic heterocycles. The van der Waals surface area contributed by atoms with Crippen molar-refractivity contribution in [2.24, 2.45) is 0 Å². The number of hydrogen-bond donors (Lipinski definition) is 1. The molecule has 1 aromatic rings. The minimum absolute atomic E-state index is 0.272. The second kappa shape index (κ2) is 5.35. The van der Waals surface area contributed by atoms with E-state index in [1.165, 1.54) is 36.2 Å². The van der Waals surface area contributed by atoms with Gasteiger partial charge in [0.15, 0.2) is 0 Å². The topological polar surface area (TPSA) is 37.8 Å². The van der Waals surface area contributed by atoms with E-state index < -0.39 is 0 Å². The van der Waals surface area contributed by atoms with Gasteiger partial charge in [0.05, 0.1) is 0 Å². The Morgan fingerprint density at radius 1 is 1.11 bits per heavy atom. The van der Waals surface area contributed by atoms with Crippen LogP contribution in [0.15, 0.2) is 0 Å². The molecule has 0 saturated heterocycles. The monoisotopic (exact) mass is 247 g/mol. The van der Waals surface area contributed by atoms with Crippen LogP contribution < -0.4 is 5.32 Å². The molecule has 18 heavy (non-hydrogen) atoms. The molecule has 2 rings (SSSR count). The fourth-order valence-corrected chi connectivity index (χ4v) is 2.30. The summed E-state index contributed by atoms with van der Waals surface area (Å²) in [6.07, 6.45) is 4.70. The zero-order chi connectivity index (χ0) is 13.2. The normalized spacial score (nSPS) is 16.9. The molecule has 1 aliphatic rings. The van der Waals surface area contributed by atoms with E-state index in [0.717, 1.165) is 25.3 Å². The fourth-order valence-electron chi connectivity index (χ4n) is 2.30. The van der Waals surface area contributed by atoms with Crippen molar-refractivity contribution in [3.8, 4) is 0 Å². The van der Waals surface area contributed by atoms with E-state index in [9.17, 15) is 0 Å². The van der Waals surface area contributed by atoms with E-state index >= 15 is 0 Å². The Labute approximate surface area is 110 Å². The highest BCUT2D eigenvalue weighted by atomic mass is 14.9. The molecular weight excluding hydrogens is 222 g/mol. The summed E-state index contributed by atoms with van der Waals surface area (Å²) in [6, 6.07) is 0. The molecule has 0 unspecified atom stereocenters. The third kappa shape index (κ3) is 2.89. The van der Waals surface area contributed by atoms with Crippen LogP contribution in [0.25, 0.3) is 0 Å². The number of aromatic nitrogens is 2. The molecule has 1 aliphatic carbocycles. The molecule has 0 spiro atoms. The molecule has 1 N–H and O–H groups in total. The smallest absolute Gasteiger partial charge is 0.134 e. The summed E-state index contributed by atoms with van der Waals surface area (Å²) in [5, 5.41) is 3.44. The van der Waals surface area contributed by atoms with Gasteiger partial charge in [-0.1, -0.05) is 13.8 Å². The highest BCUT2D eigenvalue weighted by molar-refractivity contribution is 5.28. The summed E-state index contributed by atoms with van der Waals surface area (Å²) in [5.41, 5.74) is 3.94. The van der Waals surface area contributed by atoms with Gasteiger partial charge in [-0.25, -0.2) is 9.97 Å². The number of nitrogens with zero attached hydrogens (tertiary/aromatic N) is 2.